The summed E-state index contributed by atoms with van der Waals surface area (Å²) in [5.74, 6) is 2.75. The highest BCUT2D eigenvalue weighted by molar-refractivity contribution is 9.10. The van der Waals surface area contributed by atoms with E-state index in [4.69, 9.17) is 4.42 Å². The van der Waals surface area contributed by atoms with Gasteiger partial charge in [0.2, 0.25) is 0 Å². The number of aryl methyl sites for hydroxylation is 3. The molecule has 2 heterocycles. The van der Waals surface area contributed by atoms with Crippen molar-refractivity contribution in [2.45, 2.75) is 33.7 Å². The molecule has 0 spiro atoms. The fourth-order valence-electron chi connectivity index (χ4n) is 2.00. The molecular weight excluding hydrogens is 292 g/mol. The van der Waals surface area contributed by atoms with E-state index < -0.39 is 0 Å². The van der Waals surface area contributed by atoms with Crippen molar-refractivity contribution in [2.24, 2.45) is 0 Å². The van der Waals surface area contributed by atoms with Crippen molar-refractivity contribution >= 4 is 21.7 Å². The maximum absolute atomic E-state index is 5.56. The van der Waals surface area contributed by atoms with E-state index >= 15 is 0 Å². The fraction of sp³-hybridized carbons (Fsp3) is 0.357. The van der Waals surface area contributed by atoms with Crippen LogP contribution in [-0.2, 0) is 0 Å². The van der Waals surface area contributed by atoms with Crippen LogP contribution in [0.1, 0.15) is 35.6 Å². The van der Waals surface area contributed by atoms with Crippen LogP contribution in [0.4, 0.5) is 5.82 Å². The van der Waals surface area contributed by atoms with Gasteiger partial charge in [-0.3, -0.25) is 0 Å². The smallest absolute Gasteiger partial charge is 0.141 e. The minimum absolute atomic E-state index is 0.160. The van der Waals surface area contributed by atoms with E-state index in [0.29, 0.717) is 0 Å². The average Bonchev–Trinajstić information content (AvgIpc) is 2.64. The lowest BCUT2D eigenvalue weighted by Gasteiger charge is -2.15. The van der Waals surface area contributed by atoms with Crippen molar-refractivity contribution in [1.29, 1.82) is 0 Å². The molecule has 96 valence electrons. The van der Waals surface area contributed by atoms with Crippen LogP contribution in [-0.4, -0.2) is 4.98 Å². The molecule has 2 aromatic rings. The highest BCUT2D eigenvalue weighted by atomic mass is 79.9. The maximum Gasteiger partial charge on any atom is 0.141 e. The molecule has 0 aliphatic heterocycles. The molecule has 0 aliphatic carbocycles. The van der Waals surface area contributed by atoms with Gasteiger partial charge in [-0.15, -0.1) is 0 Å². The number of furan rings is 1. The summed E-state index contributed by atoms with van der Waals surface area (Å²) in [7, 11) is 0. The normalized spacial score (nSPS) is 12.5. The van der Waals surface area contributed by atoms with Gasteiger partial charge in [-0.05, 0) is 61.3 Å². The van der Waals surface area contributed by atoms with Crippen LogP contribution in [0.15, 0.2) is 27.2 Å². The maximum atomic E-state index is 5.56. The third-order valence-corrected chi connectivity index (χ3v) is 3.98. The summed E-state index contributed by atoms with van der Waals surface area (Å²) < 4.78 is 6.56. The lowest BCUT2D eigenvalue weighted by molar-refractivity contribution is 0.499. The van der Waals surface area contributed by atoms with Crippen molar-refractivity contribution in [1.82, 2.24) is 4.98 Å². The van der Waals surface area contributed by atoms with Gasteiger partial charge in [0.15, 0.2) is 0 Å². The Bertz CT molecular complexity index is 563. The molecule has 1 unspecified atom stereocenters. The zero-order valence-electron chi connectivity index (χ0n) is 11.0. The second-order valence-electron chi connectivity index (χ2n) is 4.53. The average molecular weight is 309 g/mol. The van der Waals surface area contributed by atoms with Gasteiger partial charge in [0.05, 0.1) is 10.5 Å². The molecule has 0 saturated heterocycles. The number of hydrogen-bond donors (Lipinski definition) is 1. The first-order chi connectivity index (χ1) is 8.49. The van der Waals surface area contributed by atoms with Crippen molar-refractivity contribution in [2.75, 3.05) is 5.32 Å². The minimum Gasteiger partial charge on any atom is -0.466 e. The Balaban J connectivity index is 2.24. The van der Waals surface area contributed by atoms with Gasteiger partial charge in [0.1, 0.15) is 17.3 Å². The predicted molar refractivity (Wildman–Crippen MR) is 76.9 cm³/mol. The number of nitrogens with one attached hydrogen (secondary N) is 1. The number of aromatic nitrogens is 1. The summed E-state index contributed by atoms with van der Waals surface area (Å²) >= 11 is 3.56. The summed E-state index contributed by atoms with van der Waals surface area (Å²) in [5, 5.41) is 3.40. The summed E-state index contributed by atoms with van der Waals surface area (Å²) in [6, 6.07) is 4.21. The van der Waals surface area contributed by atoms with Crippen LogP contribution in [0.2, 0.25) is 0 Å². The van der Waals surface area contributed by atoms with Crippen molar-refractivity contribution < 1.29 is 4.42 Å². The monoisotopic (exact) mass is 308 g/mol. The van der Waals surface area contributed by atoms with E-state index in [9.17, 15) is 0 Å². The Hall–Kier alpha value is -1.29. The molecular formula is C14H17BrN2O. The van der Waals surface area contributed by atoms with Gasteiger partial charge in [-0.25, -0.2) is 4.98 Å². The summed E-state index contributed by atoms with van der Waals surface area (Å²) in [6.45, 7) is 8.10. The SMILES string of the molecule is Cc1cc(C(C)Nc2nccc(C)c2Br)c(C)o1. The van der Waals surface area contributed by atoms with Crippen LogP contribution < -0.4 is 5.32 Å². The molecule has 18 heavy (non-hydrogen) atoms. The largest absolute Gasteiger partial charge is 0.466 e. The van der Waals surface area contributed by atoms with Crippen LogP contribution in [0.3, 0.4) is 0 Å². The highest BCUT2D eigenvalue weighted by Gasteiger charge is 2.14. The van der Waals surface area contributed by atoms with E-state index in [1.807, 2.05) is 26.1 Å². The van der Waals surface area contributed by atoms with E-state index in [0.717, 1.165) is 21.8 Å². The van der Waals surface area contributed by atoms with Gasteiger partial charge in [0.25, 0.3) is 0 Å². The summed E-state index contributed by atoms with van der Waals surface area (Å²) in [5.41, 5.74) is 2.34. The van der Waals surface area contributed by atoms with E-state index in [-0.39, 0.29) is 6.04 Å². The number of rotatable bonds is 3. The molecule has 0 fully saturated rings. The summed E-state index contributed by atoms with van der Waals surface area (Å²) in [6.07, 6.45) is 1.81. The van der Waals surface area contributed by atoms with Crippen LogP contribution >= 0.6 is 15.9 Å². The third kappa shape index (κ3) is 2.58. The molecule has 1 N–H and O–H groups in total. The third-order valence-electron chi connectivity index (χ3n) is 2.98. The standard InChI is InChI=1S/C14H17BrN2O/c1-8-5-6-16-14(13(8)15)17-10(3)12-7-9(2)18-11(12)4/h5-7,10H,1-4H3,(H,16,17). The molecule has 0 bridgehead atoms. The lowest BCUT2D eigenvalue weighted by Crippen LogP contribution is -2.09. The molecule has 1 atom stereocenters. The zero-order valence-corrected chi connectivity index (χ0v) is 12.6. The van der Waals surface area contributed by atoms with Crippen molar-refractivity contribution in [3.8, 4) is 0 Å². The molecule has 0 aliphatic rings. The Morgan fingerprint density at radius 3 is 2.67 bits per heavy atom. The number of anilines is 1. The molecule has 0 aromatic carbocycles. The first-order valence-electron chi connectivity index (χ1n) is 5.93. The number of hydrogen-bond acceptors (Lipinski definition) is 3. The fourth-order valence-corrected chi connectivity index (χ4v) is 2.35. The van der Waals surface area contributed by atoms with Crippen LogP contribution in [0, 0.1) is 20.8 Å². The Morgan fingerprint density at radius 1 is 1.33 bits per heavy atom. The van der Waals surface area contributed by atoms with Gasteiger partial charge in [-0.2, -0.15) is 0 Å². The van der Waals surface area contributed by atoms with Crippen molar-refractivity contribution in [3.63, 3.8) is 0 Å². The molecule has 0 amide bonds. The van der Waals surface area contributed by atoms with E-state index in [1.54, 1.807) is 0 Å². The van der Waals surface area contributed by atoms with Crippen LogP contribution in [0.25, 0.3) is 0 Å². The second kappa shape index (κ2) is 5.14. The minimum atomic E-state index is 0.160. The Kier molecular flexibility index (Phi) is 3.76. The molecule has 2 rings (SSSR count). The molecule has 0 saturated carbocycles. The number of halogens is 1. The molecule has 3 nitrogen and oxygen atoms in total. The molecule has 4 heteroatoms. The lowest BCUT2D eigenvalue weighted by atomic mass is 10.1. The molecule has 2 aromatic heterocycles. The zero-order chi connectivity index (χ0) is 13.3. The summed E-state index contributed by atoms with van der Waals surface area (Å²) in [4.78, 5) is 4.35. The highest BCUT2D eigenvalue weighted by Crippen LogP contribution is 2.29. The Labute approximate surface area is 116 Å². The molecule has 0 radical (unpaired) electrons. The van der Waals surface area contributed by atoms with Crippen molar-refractivity contribution in [3.05, 3.63) is 45.4 Å². The number of pyridine rings is 1. The first kappa shape index (κ1) is 13.1. The first-order valence-corrected chi connectivity index (χ1v) is 6.73. The van der Waals surface area contributed by atoms with Gasteiger partial charge < -0.3 is 9.73 Å². The topological polar surface area (TPSA) is 38.1 Å². The van der Waals surface area contributed by atoms with Crippen LogP contribution in [0.5, 0.6) is 0 Å². The van der Waals surface area contributed by atoms with Gasteiger partial charge in [-0.1, -0.05) is 0 Å². The van der Waals surface area contributed by atoms with E-state index in [2.05, 4.69) is 46.1 Å². The Morgan fingerprint density at radius 2 is 2.06 bits per heavy atom. The van der Waals surface area contributed by atoms with Gasteiger partial charge >= 0.3 is 0 Å². The van der Waals surface area contributed by atoms with Gasteiger partial charge in [0, 0.05) is 11.8 Å². The number of nitrogens with zero attached hydrogens (tertiary/aromatic N) is 1. The quantitative estimate of drug-likeness (QED) is 0.905. The predicted octanol–water partition coefficient (Wildman–Crippen LogP) is 4.54. The van der Waals surface area contributed by atoms with E-state index in [1.165, 1.54) is 11.1 Å². The second-order valence-corrected chi connectivity index (χ2v) is 5.32.